The molecule has 3 aliphatic rings. The van der Waals surface area contributed by atoms with E-state index in [0.717, 1.165) is 85.6 Å². The van der Waals surface area contributed by atoms with E-state index in [2.05, 4.69) is 140 Å². The highest BCUT2D eigenvalue weighted by Gasteiger charge is 2.44. The minimum Gasteiger partial charge on any atom is -0.467 e. The topological polar surface area (TPSA) is 97.0 Å². The molecule has 0 spiro atoms. The molecule has 54 heavy (non-hydrogen) atoms. The molecule has 274 valence electrons. The molecule has 2 aromatic heterocycles. The number of aromatic amines is 1. The van der Waals surface area contributed by atoms with E-state index in [0.29, 0.717) is 24.3 Å². The van der Waals surface area contributed by atoms with Gasteiger partial charge in [0.15, 0.2) is 0 Å². The molecule has 1 N–H and O–H groups in total. The summed E-state index contributed by atoms with van der Waals surface area (Å²) in [6, 6.07) is 36.9. The van der Waals surface area contributed by atoms with Gasteiger partial charge in [-0.1, -0.05) is 84.4 Å². The van der Waals surface area contributed by atoms with E-state index in [1.54, 1.807) is 0 Å². The summed E-state index contributed by atoms with van der Waals surface area (Å²) in [5.74, 6) is 1.40. The van der Waals surface area contributed by atoms with Gasteiger partial charge in [0, 0.05) is 86.8 Å². The van der Waals surface area contributed by atoms with Crippen LogP contribution in [-0.4, -0.2) is 91.4 Å². The molecule has 11 heteroatoms. The number of methoxy groups -OCH3 is 1. The van der Waals surface area contributed by atoms with Crippen molar-refractivity contribution in [2.24, 2.45) is 0 Å². The van der Waals surface area contributed by atoms with Crippen LogP contribution in [-0.2, 0) is 16.0 Å². The van der Waals surface area contributed by atoms with E-state index in [-0.39, 0.29) is 12.0 Å². The average Bonchev–Trinajstić information content (AvgIpc) is 3.62. The Hall–Kier alpha value is -6.10. The van der Waals surface area contributed by atoms with Crippen LogP contribution in [0.15, 0.2) is 109 Å². The second-order valence-electron chi connectivity index (χ2n) is 14.4. The van der Waals surface area contributed by atoms with E-state index in [9.17, 15) is 4.79 Å². The van der Waals surface area contributed by atoms with E-state index in [1.807, 2.05) is 6.07 Å². The smallest absolute Gasteiger partial charge is 0.328 e. The molecular formula is C43H45N9O2. The third kappa shape index (κ3) is 6.33. The first-order valence-corrected chi connectivity index (χ1v) is 18.9. The van der Waals surface area contributed by atoms with Crippen LogP contribution in [0.3, 0.4) is 0 Å². The summed E-state index contributed by atoms with van der Waals surface area (Å²) in [7, 11) is 1.47. The monoisotopic (exact) mass is 719 g/mol. The van der Waals surface area contributed by atoms with Gasteiger partial charge in [-0.3, -0.25) is 0 Å². The van der Waals surface area contributed by atoms with Gasteiger partial charge in [-0.15, -0.1) is 0 Å². The highest BCUT2D eigenvalue weighted by Crippen LogP contribution is 2.43. The number of ether oxygens (including phenoxy) is 1. The van der Waals surface area contributed by atoms with Crippen molar-refractivity contribution < 1.29 is 9.53 Å². The highest BCUT2D eigenvalue weighted by atomic mass is 16.5. The number of aryl methyl sites for hydroxylation is 1. The quantitative estimate of drug-likeness (QED) is 0.198. The Kier molecular flexibility index (Phi) is 8.98. The van der Waals surface area contributed by atoms with Crippen LogP contribution in [0.2, 0.25) is 0 Å². The number of hydrogen-bond donors (Lipinski definition) is 1. The van der Waals surface area contributed by atoms with Crippen LogP contribution in [0.5, 0.6) is 0 Å². The number of carbonyl (C=O) groups excluding carboxylic acids is 1. The second-order valence-corrected chi connectivity index (χ2v) is 14.4. The van der Waals surface area contributed by atoms with Crippen molar-refractivity contribution in [1.82, 2.24) is 19.9 Å². The molecule has 2 saturated heterocycles. The van der Waals surface area contributed by atoms with Crippen molar-refractivity contribution in [3.05, 3.63) is 132 Å². The number of anilines is 5. The van der Waals surface area contributed by atoms with Crippen LogP contribution >= 0.6 is 0 Å². The normalized spacial score (nSPS) is 18.9. The fraction of sp³-hybridized carbons (Fsp3) is 0.302. The molecule has 2 unspecified atom stereocenters. The van der Waals surface area contributed by atoms with Gasteiger partial charge in [0.2, 0.25) is 17.8 Å². The summed E-state index contributed by atoms with van der Waals surface area (Å²) >= 11 is 0. The first-order valence-electron chi connectivity index (χ1n) is 18.9. The Morgan fingerprint density at radius 3 is 1.69 bits per heavy atom. The van der Waals surface area contributed by atoms with Crippen LogP contribution in [0.25, 0.3) is 10.9 Å². The van der Waals surface area contributed by atoms with Gasteiger partial charge in [-0.05, 0) is 48.4 Å². The van der Waals surface area contributed by atoms with Gasteiger partial charge in [0.1, 0.15) is 6.04 Å². The summed E-state index contributed by atoms with van der Waals surface area (Å²) in [6.45, 7) is 8.49. The number of hydrogen-bond acceptors (Lipinski definition) is 10. The summed E-state index contributed by atoms with van der Waals surface area (Å²) in [5, 5.41) is 1.11. The zero-order valence-corrected chi connectivity index (χ0v) is 30.8. The molecule has 0 saturated carbocycles. The van der Waals surface area contributed by atoms with Gasteiger partial charge < -0.3 is 34.2 Å². The van der Waals surface area contributed by atoms with Gasteiger partial charge in [0.05, 0.1) is 13.2 Å². The molecule has 6 aromatic rings. The molecule has 0 aliphatic carbocycles. The maximum atomic E-state index is 14.0. The molecule has 0 amide bonds. The van der Waals surface area contributed by atoms with Crippen LogP contribution < -0.4 is 24.5 Å². The lowest BCUT2D eigenvalue weighted by atomic mass is 9.88. The number of para-hydroxylation sites is 3. The number of benzene rings is 4. The summed E-state index contributed by atoms with van der Waals surface area (Å²) in [5.41, 5.74) is 7.83. The molecule has 11 nitrogen and oxygen atoms in total. The Balaban J connectivity index is 1.14. The maximum Gasteiger partial charge on any atom is 0.328 e. The maximum absolute atomic E-state index is 14.0. The minimum absolute atomic E-state index is 0.320. The Bertz CT molecular complexity index is 2150. The van der Waals surface area contributed by atoms with Crippen molar-refractivity contribution in [2.45, 2.75) is 25.4 Å². The molecule has 5 heterocycles. The zero-order valence-electron chi connectivity index (χ0n) is 30.8. The van der Waals surface area contributed by atoms with Crippen LogP contribution in [0.4, 0.5) is 29.2 Å². The van der Waals surface area contributed by atoms with Crippen LogP contribution in [0, 0.1) is 6.92 Å². The number of aromatic nitrogens is 4. The summed E-state index contributed by atoms with van der Waals surface area (Å²) < 4.78 is 5.56. The zero-order chi connectivity index (χ0) is 36.6. The third-order valence-corrected chi connectivity index (χ3v) is 11.2. The molecule has 3 aliphatic heterocycles. The van der Waals surface area contributed by atoms with Crippen molar-refractivity contribution in [1.29, 1.82) is 0 Å². The van der Waals surface area contributed by atoms with Gasteiger partial charge in [-0.2, -0.15) is 15.0 Å². The third-order valence-electron chi connectivity index (χ3n) is 11.2. The lowest BCUT2D eigenvalue weighted by Crippen LogP contribution is -2.51. The number of H-pyrrole nitrogens is 1. The Labute approximate surface area is 315 Å². The standard InChI is InChI=1S/C43H45N9O2/c1-30-17-19-31(20-18-30)39-38-35(34-15-9-10-16-36(34)44-38)29-37(40(53)54-2)52(39)43-46-41(50-25-21-48(22-26-50)32-11-5-3-6-12-32)45-42(47-43)51-27-23-49(24-28-51)33-13-7-4-8-14-33/h3-20,37,39,44H,21-29H2,1-2H3. The van der Waals surface area contributed by atoms with Gasteiger partial charge in [-0.25, -0.2) is 4.79 Å². The highest BCUT2D eigenvalue weighted by molar-refractivity contribution is 5.89. The van der Waals surface area contributed by atoms with Crippen molar-refractivity contribution in [2.75, 3.05) is 84.0 Å². The molecular weight excluding hydrogens is 675 g/mol. The summed E-state index contributed by atoms with van der Waals surface area (Å²) in [4.78, 5) is 44.9. The first kappa shape index (κ1) is 33.7. The molecule has 4 aromatic carbocycles. The number of piperazine rings is 2. The minimum atomic E-state index is -0.666. The number of esters is 1. The number of nitrogens with zero attached hydrogens (tertiary/aromatic N) is 8. The fourth-order valence-corrected chi connectivity index (χ4v) is 8.30. The Morgan fingerprint density at radius 1 is 0.630 bits per heavy atom. The van der Waals surface area contributed by atoms with Gasteiger partial charge in [0.25, 0.3) is 0 Å². The number of rotatable bonds is 7. The number of carbonyl (C=O) groups is 1. The fourth-order valence-electron chi connectivity index (χ4n) is 8.30. The van der Waals surface area contributed by atoms with E-state index < -0.39 is 6.04 Å². The average molecular weight is 720 g/mol. The molecule has 2 atom stereocenters. The molecule has 9 rings (SSSR count). The predicted molar refractivity (Wildman–Crippen MR) is 215 cm³/mol. The lowest BCUT2D eigenvalue weighted by Gasteiger charge is -2.42. The summed E-state index contributed by atoms with van der Waals surface area (Å²) in [6.07, 6.45) is 0.455. The van der Waals surface area contributed by atoms with E-state index >= 15 is 0 Å². The van der Waals surface area contributed by atoms with E-state index in [4.69, 9.17) is 19.7 Å². The lowest BCUT2D eigenvalue weighted by molar-refractivity contribution is -0.142. The molecule has 0 radical (unpaired) electrons. The number of nitrogens with one attached hydrogen (secondary N) is 1. The Morgan fingerprint density at radius 2 is 1.13 bits per heavy atom. The van der Waals surface area contributed by atoms with Crippen molar-refractivity contribution in [3.63, 3.8) is 0 Å². The van der Waals surface area contributed by atoms with Crippen molar-refractivity contribution in [3.8, 4) is 0 Å². The molecule has 0 bridgehead atoms. The predicted octanol–water partition coefficient (Wildman–Crippen LogP) is 6.01. The second kappa shape index (κ2) is 14.4. The van der Waals surface area contributed by atoms with Gasteiger partial charge >= 0.3 is 5.97 Å². The largest absolute Gasteiger partial charge is 0.467 e. The van der Waals surface area contributed by atoms with Crippen LogP contribution in [0.1, 0.15) is 28.4 Å². The number of fused-ring (bicyclic) bond motifs is 3. The SMILES string of the molecule is COC(=O)C1Cc2c([nH]c3ccccc23)C(c2ccc(C)cc2)N1c1nc(N2CCN(c3ccccc3)CC2)nc(N2CCN(c3ccccc3)CC2)n1. The first-order chi connectivity index (χ1) is 26.5. The van der Waals surface area contributed by atoms with Crippen molar-refractivity contribution >= 4 is 46.1 Å². The van der Waals surface area contributed by atoms with E-state index in [1.165, 1.54) is 18.5 Å². The molecule has 2 fully saturated rings.